The molecule has 24 heavy (non-hydrogen) atoms. The Bertz CT molecular complexity index is 735. The fourth-order valence-electron chi connectivity index (χ4n) is 3.53. The third-order valence-corrected chi connectivity index (χ3v) is 5.21. The minimum Gasteiger partial charge on any atom is -0.294 e. The molecule has 2 aromatic carbocycles. The molecule has 0 amide bonds. The Labute approximate surface area is 148 Å². The zero-order valence-corrected chi connectivity index (χ0v) is 14.3. The summed E-state index contributed by atoms with van der Waals surface area (Å²) < 4.78 is 0. The average molecular weight is 338 g/mol. The van der Waals surface area contributed by atoms with Crippen molar-refractivity contribution in [1.82, 2.24) is 0 Å². The summed E-state index contributed by atoms with van der Waals surface area (Å²) >= 11 is 5.89. The van der Waals surface area contributed by atoms with Gasteiger partial charge in [-0.15, -0.1) is 0 Å². The molecule has 0 radical (unpaired) electrons. The fraction of sp³-hybridized carbons (Fsp3) is 0.333. The van der Waals surface area contributed by atoms with Crippen LogP contribution in [0.4, 0.5) is 0 Å². The van der Waals surface area contributed by atoms with Gasteiger partial charge < -0.3 is 0 Å². The van der Waals surface area contributed by atoms with Crippen molar-refractivity contribution in [2.24, 2.45) is 11.8 Å². The molecule has 2 aromatic rings. The van der Waals surface area contributed by atoms with Gasteiger partial charge in [0.25, 0.3) is 0 Å². The lowest BCUT2D eigenvalue weighted by molar-refractivity contribution is 0.0872. The normalized spacial score (nSPS) is 20.3. The maximum Gasteiger partial charge on any atom is 0.165 e. The standard InChI is InChI=1S/C21H20ClNO/c22-20-11-9-19(10-12-20)21(24)18-7-5-16(6-8-18)13-15-1-3-17(14-23)4-2-15/h1-4,9-12,16,18H,5-8,13H2. The van der Waals surface area contributed by atoms with E-state index in [1.54, 1.807) is 12.1 Å². The van der Waals surface area contributed by atoms with E-state index in [1.165, 1.54) is 5.56 Å². The number of carbonyl (C=O) groups is 1. The van der Waals surface area contributed by atoms with Crippen LogP contribution in [-0.2, 0) is 6.42 Å². The number of hydrogen-bond acceptors (Lipinski definition) is 2. The molecule has 122 valence electrons. The molecule has 0 aromatic heterocycles. The minimum atomic E-state index is 0.142. The van der Waals surface area contributed by atoms with Gasteiger partial charge in [0, 0.05) is 16.5 Å². The van der Waals surface area contributed by atoms with Gasteiger partial charge in [-0.25, -0.2) is 0 Å². The van der Waals surface area contributed by atoms with Gasteiger partial charge in [0.15, 0.2) is 5.78 Å². The summed E-state index contributed by atoms with van der Waals surface area (Å²) in [4.78, 5) is 12.6. The molecule has 0 unspecified atom stereocenters. The molecule has 1 aliphatic rings. The summed E-state index contributed by atoms with van der Waals surface area (Å²) in [5, 5.41) is 9.52. The Hall–Kier alpha value is -2.11. The molecule has 0 saturated heterocycles. The average Bonchev–Trinajstić information content (AvgIpc) is 2.63. The van der Waals surface area contributed by atoms with Crippen molar-refractivity contribution in [2.75, 3.05) is 0 Å². The van der Waals surface area contributed by atoms with Crippen LogP contribution in [0.3, 0.4) is 0 Å². The first-order valence-electron chi connectivity index (χ1n) is 8.44. The van der Waals surface area contributed by atoms with Crippen molar-refractivity contribution in [3.8, 4) is 6.07 Å². The van der Waals surface area contributed by atoms with E-state index >= 15 is 0 Å². The maximum absolute atomic E-state index is 12.6. The highest BCUT2D eigenvalue weighted by atomic mass is 35.5. The molecule has 0 N–H and O–H groups in total. The van der Waals surface area contributed by atoms with E-state index in [-0.39, 0.29) is 11.7 Å². The first kappa shape index (κ1) is 16.7. The van der Waals surface area contributed by atoms with E-state index in [4.69, 9.17) is 16.9 Å². The number of halogens is 1. The molecule has 3 heteroatoms. The zero-order chi connectivity index (χ0) is 16.9. The van der Waals surface area contributed by atoms with Crippen LogP contribution < -0.4 is 0 Å². The smallest absolute Gasteiger partial charge is 0.165 e. The van der Waals surface area contributed by atoms with Crippen LogP contribution in [-0.4, -0.2) is 5.78 Å². The predicted octanol–water partition coefficient (Wildman–Crippen LogP) is 5.44. The SMILES string of the molecule is N#Cc1ccc(CC2CCC(C(=O)c3ccc(Cl)cc3)CC2)cc1. The van der Waals surface area contributed by atoms with Crippen LogP contribution in [0, 0.1) is 23.2 Å². The Morgan fingerprint density at radius 3 is 2.21 bits per heavy atom. The van der Waals surface area contributed by atoms with Gasteiger partial charge >= 0.3 is 0 Å². The third-order valence-electron chi connectivity index (χ3n) is 4.95. The molecular formula is C21H20ClNO. The summed E-state index contributed by atoms with van der Waals surface area (Å²) in [6, 6.07) is 17.2. The number of nitriles is 1. The quantitative estimate of drug-likeness (QED) is 0.696. The number of Topliss-reactive ketones (excluding diaryl/α,β-unsaturated/α-hetero) is 1. The van der Waals surface area contributed by atoms with Crippen molar-refractivity contribution in [2.45, 2.75) is 32.1 Å². The fourth-order valence-corrected chi connectivity index (χ4v) is 3.65. The molecule has 1 saturated carbocycles. The number of ketones is 1. The summed E-state index contributed by atoms with van der Waals surface area (Å²) in [6.07, 6.45) is 5.13. The molecule has 0 heterocycles. The van der Waals surface area contributed by atoms with Crippen LogP contribution in [0.25, 0.3) is 0 Å². The molecule has 1 fully saturated rings. The predicted molar refractivity (Wildman–Crippen MR) is 96.1 cm³/mol. The van der Waals surface area contributed by atoms with Crippen molar-refractivity contribution in [3.63, 3.8) is 0 Å². The van der Waals surface area contributed by atoms with Crippen LogP contribution >= 0.6 is 11.6 Å². The van der Waals surface area contributed by atoms with Crippen LogP contribution in [0.1, 0.15) is 47.2 Å². The minimum absolute atomic E-state index is 0.142. The van der Waals surface area contributed by atoms with E-state index in [9.17, 15) is 4.79 Å². The lowest BCUT2D eigenvalue weighted by Gasteiger charge is -2.27. The van der Waals surface area contributed by atoms with E-state index in [2.05, 4.69) is 6.07 Å². The van der Waals surface area contributed by atoms with Gasteiger partial charge in [-0.1, -0.05) is 23.7 Å². The van der Waals surface area contributed by atoms with Gasteiger partial charge in [0.1, 0.15) is 0 Å². The lowest BCUT2D eigenvalue weighted by Crippen LogP contribution is -2.23. The second kappa shape index (κ2) is 7.64. The van der Waals surface area contributed by atoms with Gasteiger partial charge in [0.2, 0.25) is 0 Å². The molecule has 1 aliphatic carbocycles. The summed E-state index contributed by atoms with van der Waals surface area (Å²) in [5.41, 5.74) is 2.76. The topological polar surface area (TPSA) is 40.9 Å². The van der Waals surface area contributed by atoms with Crippen LogP contribution in [0.5, 0.6) is 0 Å². The van der Waals surface area contributed by atoms with Crippen molar-refractivity contribution < 1.29 is 4.79 Å². The first-order chi connectivity index (χ1) is 11.7. The highest BCUT2D eigenvalue weighted by molar-refractivity contribution is 6.30. The van der Waals surface area contributed by atoms with Crippen molar-refractivity contribution in [3.05, 3.63) is 70.2 Å². The maximum atomic E-state index is 12.6. The number of nitrogens with zero attached hydrogens (tertiary/aromatic N) is 1. The Morgan fingerprint density at radius 1 is 1.00 bits per heavy atom. The number of hydrogen-bond donors (Lipinski definition) is 0. The summed E-state index contributed by atoms with van der Waals surface area (Å²) in [5.74, 6) is 1.03. The zero-order valence-electron chi connectivity index (χ0n) is 13.5. The molecule has 0 spiro atoms. The van der Waals surface area contributed by atoms with E-state index in [0.29, 0.717) is 16.5 Å². The highest BCUT2D eigenvalue weighted by Gasteiger charge is 2.27. The largest absolute Gasteiger partial charge is 0.294 e. The van der Waals surface area contributed by atoms with Gasteiger partial charge in [0.05, 0.1) is 11.6 Å². The second-order valence-electron chi connectivity index (χ2n) is 6.60. The first-order valence-corrected chi connectivity index (χ1v) is 8.82. The van der Waals surface area contributed by atoms with Gasteiger partial charge in [-0.2, -0.15) is 5.26 Å². The molecule has 0 atom stereocenters. The molecule has 0 bridgehead atoms. The second-order valence-corrected chi connectivity index (χ2v) is 7.04. The molecular weight excluding hydrogens is 318 g/mol. The Balaban J connectivity index is 1.54. The number of benzene rings is 2. The van der Waals surface area contributed by atoms with Crippen molar-refractivity contribution in [1.29, 1.82) is 5.26 Å². The van der Waals surface area contributed by atoms with E-state index in [1.807, 2.05) is 36.4 Å². The lowest BCUT2D eigenvalue weighted by atomic mass is 9.76. The van der Waals surface area contributed by atoms with Gasteiger partial charge in [-0.3, -0.25) is 4.79 Å². The van der Waals surface area contributed by atoms with Crippen LogP contribution in [0.2, 0.25) is 5.02 Å². The molecule has 2 nitrogen and oxygen atoms in total. The Kier molecular flexibility index (Phi) is 5.33. The molecule has 0 aliphatic heterocycles. The highest BCUT2D eigenvalue weighted by Crippen LogP contribution is 2.33. The number of rotatable bonds is 4. The van der Waals surface area contributed by atoms with E-state index in [0.717, 1.165) is 37.7 Å². The van der Waals surface area contributed by atoms with Crippen LogP contribution in [0.15, 0.2) is 48.5 Å². The van der Waals surface area contributed by atoms with Crippen molar-refractivity contribution >= 4 is 17.4 Å². The molecule has 3 rings (SSSR count). The Morgan fingerprint density at radius 2 is 1.62 bits per heavy atom. The monoisotopic (exact) mass is 337 g/mol. The van der Waals surface area contributed by atoms with Gasteiger partial charge in [-0.05, 0) is 80.0 Å². The number of carbonyl (C=O) groups excluding carboxylic acids is 1. The van der Waals surface area contributed by atoms with E-state index < -0.39 is 0 Å². The third kappa shape index (κ3) is 4.04. The summed E-state index contributed by atoms with van der Waals surface area (Å²) in [7, 11) is 0. The summed E-state index contributed by atoms with van der Waals surface area (Å²) in [6.45, 7) is 0.